The maximum Gasteiger partial charge on any atom is 0.111 e. The Balaban J connectivity index is 2.01. The van der Waals surface area contributed by atoms with Crippen molar-refractivity contribution in [2.24, 2.45) is 0 Å². The third kappa shape index (κ3) is 17.6. The van der Waals surface area contributed by atoms with Gasteiger partial charge in [-0.25, -0.2) is 4.98 Å². The van der Waals surface area contributed by atoms with Crippen molar-refractivity contribution in [2.45, 2.75) is 200 Å². The molecule has 0 aliphatic carbocycles. The predicted molar refractivity (Wildman–Crippen MR) is 162 cm³/mol. The van der Waals surface area contributed by atoms with E-state index in [0.29, 0.717) is 12.0 Å². The fourth-order valence-electron chi connectivity index (χ4n) is 5.74. The van der Waals surface area contributed by atoms with E-state index in [1.54, 1.807) is 0 Å². The van der Waals surface area contributed by atoms with Crippen molar-refractivity contribution in [1.82, 2.24) is 9.55 Å². The second-order valence-corrected chi connectivity index (χ2v) is 11.9. The molecule has 0 radical (unpaired) electrons. The molecule has 0 saturated heterocycles. The zero-order valence-corrected chi connectivity index (χ0v) is 25.4. The molecular weight excluding hydrogens is 436 g/mol. The second-order valence-electron chi connectivity index (χ2n) is 11.9. The van der Waals surface area contributed by atoms with E-state index in [1.807, 2.05) is 6.20 Å². The summed E-state index contributed by atoms with van der Waals surface area (Å²) in [5, 5.41) is 0. The van der Waals surface area contributed by atoms with Gasteiger partial charge >= 0.3 is 0 Å². The van der Waals surface area contributed by atoms with Crippen LogP contribution in [0.3, 0.4) is 0 Å². The smallest absolute Gasteiger partial charge is 0.111 e. The Morgan fingerprint density at radius 3 is 1.31 bits per heavy atom. The molecule has 0 fully saturated rings. The first-order chi connectivity index (χ1) is 17.7. The van der Waals surface area contributed by atoms with Gasteiger partial charge in [0, 0.05) is 24.4 Å². The van der Waals surface area contributed by atoms with E-state index in [1.165, 1.54) is 166 Å². The molecule has 0 aromatic carbocycles. The average Bonchev–Trinajstić information content (AvgIpc) is 3.38. The van der Waals surface area contributed by atoms with E-state index in [-0.39, 0.29) is 0 Å². The van der Waals surface area contributed by atoms with Gasteiger partial charge in [-0.2, -0.15) is 0 Å². The van der Waals surface area contributed by atoms with Crippen LogP contribution in [0.1, 0.15) is 206 Å². The Hall–Kier alpha value is -0.790. The largest absolute Gasteiger partial charge is 0.332 e. The van der Waals surface area contributed by atoms with Crippen molar-refractivity contribution in [3.05, 3.63) is 18.2 Å². The Labute approximate surface area is 227 Å². The van der Waals surface area contributed by atoms with E-state index in [0.717, 1.165) is 0 Å². The summed E-state index contributed by atoms with van der Waals surface area (Å²) in [7, 11) is 0. The van der Waals surface area contributed by atoms with E-state index < -0.39 is 0 Å². The van der Waals surface area contributed by atoms with Crippen LogP contribution in [-0.2, 0) is 0 Å². The third-order valence-corrected chi connectivity index (χ3v) is 8.33. The second kappa shape index (κ2) is 24.5. The van der Waals surface area contributed by atoms with Gasteiger partial charge in [-0.05, 0) is 19.8 Å². The van der Waals surface area contributed by atoms with Gasteiger partial charge in [0.1, 0.15) is 5.82 Å². The first-order valence-electron chi connectivity index (χ1n) is 16.7. The molecule has 2 nitrogen and oxygen atoms in total. The van der Waals surface area contributed by atoms with Crippen LogP contribution in [0.25, 0.3) is 0 Å². The maximum atomic E-state index is 4.77. The van der Waals surface area contributed by atoms with E-state index in [4.69, 9.17) is 4.98 Å². The summed E-state index contributed by atoms with van der Waals surface area (Å²) in [6.45, 7) is 9.39. The summed E-state index contributed by atoms with van der Waals surface area (Å²) in [6, 6.07) is 0.588. The molecule has 0 N–H and O–H groups in total. The molecule has 2 heteroatoms. The quantitative estimate of drug-likeness (QED) is 0.109. The molecule has 0 spiro atoms. The summed E-state index contributed by atoms with van der Waals surface area (Å²) in [5.74, 6) is 1.91. The summed E-state index contributed by atoms with van der Waals surface area (Å²) >= 11 is 0. The van der Waals surface area contributed by atoms with Crippen LogP contribution in [0.4, 0.5) is 0 Å². The molecule has 36 heavy (non-hydrogen) atoms. The molecule has 1 heterocycles. The number of nitrogens with zero attached hydrogens (tertiary/aromatic N) is 2. The van der Waals surface area contributed by atoms with Crippen LogP contribution in [0.5, 0.6) is 0 Å². The van der Waals surface area contributed by atoms with Crippen molar-refractivity contribution in [3.63, 3.8) is 0 Å². The number of hydrogen-bond donors (Lipinski definition) is 0. The minimum atomic E-state index is 0.587. The lowest BCUT2D eigenvalue weighted by Crippen LogP contribution is -2.11. The standard InChI is InChI=1S/C34H66N2/c1-5-7-9-11-13-15-16-17-18-19-20-21-23-25-27-29-33(4)36-31-30-35-34(36)32(3)28-26-24-22-14-12-10-8-6-2/h30-33H,5-29H2,1-4H3. The third-order valence-electron chi connectivity index (χ3n) is 8.33. The molecule has 2 unspecified atom stereocenters. The van der Waals surface area contributed by atoms with Gasteiger partial charge in [0.2, 0.25) is 0 Å². The minimum absolute atomic E-state index is 0.587. The van der Waals surface area contributed by atoms with E-state index in [2.05, 4.69) is 38.5 Å². The Kier molecular flexibility index (Phi) is 22.7. The van der Waals surface area contributed by atoms with Crippen molar-refractivity contribution < 1.29 is 0 Å². The topological polar surface area (TPSA) is 17.8 Å². The van der Waals surface area contributed by atoms with Gasteiger partial charge < -0.3 is 4.57 Å². The molecule has 1 rings (SSSR count). The van der Waals surface area contributed by atoms with Crippen LogP contribution in [0, 0.1) is 0 Å². The molecule has 2 atom stereocenters. The van der Waals surface area contributed by atoms with Crippen LogP contribution in [0.2, 0.25) is 0 Å². The first kappa shape index (κ1) is 33.2. The maximum absolute atomic E-state index is 4.77. The number of aromatic nitrogens is 2. The van der Waals surface area contributed by atoms with Crippen LogP contribution in [-0.4, -0.2) is 9.55 Å². The van der Waals surface area contributed by atoms with Crippen molar-refractivity contribution in [1.29, 1.82) is 0 Å². The lowest BCUT2D eigenvalue weighted by molar-refractivity contribution is 0.435. The number of rotatable bonds is 27. The molecule has 212 valence electrons. The highest BCUT2D eigenvalue weighted by molar-refractivity contribution is 5.00. The fraction of sp³-hybridized carbons (Fsp3) is 0.912. The van der Waals surface area contributed by atoms with Crippen molar-refractivity contribution in [3.8, 4) is 0 Å². The van der Waals surface area contributed by atoms with Gasteiger partial charge in [-0.15, -0.1) is 0 Å². The molecule has 0 aliphatic heterocycles. The van der Waals surface area contributed by atoms with Gasteiger partial charge in [0.25, 0.3) is 0 Å². The highest BCUT2D eigenvalue weighted by Gasteiger charge is 2.15. The number of hydrogen-bond acceptors (Lipinski definition) is 1. The highest BCUT2D eigenvalue weighted by Crippen LogP contribution is 2.26. The molecular formula is C34H66N2. The highest BCUT2D eigenvalue weighted by atomic mass is 15.1. The molecule has 0 saturated carbocycles. The van der Waals surface area contributed by atoms with Gasteiger partial charge in [0.05, 0.1) is 0 Å². The Morgan fingerprint density at radius 2 is 0.889 bits per heavy atom. The summed E-state index contributed by atoms with van der Waals surface area (Å²) < 4.78 is 2.49. The molecule has 0 amide bonds. The van der Waals surface area contributed by atoms with Crippen molar-refractivity contribution in [2.75, 3.05) is 0 Å². The SMILES string of the molecule is CCCCCCCCCCCCCCCCCC(C)n1ccnc1C(C)CCCCCCCCCC. The summed E-state index contributed by atoms with van der Waals surface area (Å²) in [6.07, 6.45) is 39.7. The van der Waals surface area contributed by atoms with E-state index in [9.17, 15) is 0 Å². The van der Waals surface area contributed by atoms with Crippen LogP contribution < -0.4 is 0 Å². The van der Waals surface area contributed by atoms with Gasteiger partial charge in [-0.3, -0.25) is 0 Å². The lowest BCUT2D eigenvalue weighted by atomic mass is 10.00. The van der Waals surface area contributed by atoms with Gasteiger partial charge in [0.15, 0.2) is 0 Å². The molecule has 1 aromatic heterocycles. The summed E-state index contributed by atoms with van der Waals surface area (Å²) in [5.41, 5.74) is 0. The Morgan fingerprint density at radius 1 is 0.528 bits per heavy atom. The van der Waals surface area contributed by atoms with E-state index >= 15 is 0 Å². The summed E-state index contributed by atoms with van der Waals surface area (Å²) in [4.78, 5) is 4.77. The number of unbranched alkanes of at least 4 members (excludes halogenated alkanes) is 21. The normalized spacial score (nSPS) is 13.3. The lowest BCUT2D eigenvalue weighted by Gasteiger charge is -2.20. The molecule has 1 aromatic rings. The van der Waals surface area contributed by atoms with Crippen molar-refractivity contribution >= 4 is 0 Å². The van der Waals surface area contributed by atoms with Crippen LogP contribution in [0.15, 0.2) is 12.4 Å². The average molecular weight is 503 g/mol. The fourth-order valence-corrected chi connectivity index (χ4v) is 5.74. The Bertz CT molecular complexity index is 563. The minimum Gasteiger partial charge on any atom is -0.332 e. The zero-order valence-electron chi connectivity index (χ0n) is 25.4. The molecule has 0 bridgehead atoms. The monoisotopic (exact) mass is 503 g/mol. The molecule has 0 aliphatic rings. The number of imidazole rings is 1. The predicted octanol–water partition coefficient (Wildman–Crippen LogP) is 12.3. The first-order valence-corrected chi connectivity index (χ1v) is 16.7. The van der Waals surface area contributed by atoms with Gasteiger partial charge in [-0.1, -0.05) is 168 Å². The van der Waals surface area contributed by atoms with Crippen LogP contribution >= 0.6 is 0 Å². The zero-order chi connectivity index (χ0) is 26.1.